The SMILES string of the molecule is CCC(Oc1ccc(C)cc1)C(=O)NNC(=O)c1ccc(NC(=O)CC(C)C)cc1. The third-order valence-electron chi connectivity index (χ3n) is 4.29. The van der Waals surface area contributed by atoms with E-state index in [0.717, 1.165) is 5.56 Å². The predicted molar refractivity (Wildman–Crippen MR) is 116 cm³/mol. The van der Waals surface area contributed by atoms with Gasteiger partial charge in [-0.1, -0.05) is 38.5 Å². The first-order valence-electron chi connectivity index (χ1n) is 10.0. The fourth-order valence-electron chi connectivity index (χ4n) is 2.66. The zero-order valence-corrected chi connectivity index (χ0v) is 17.8. The maximum atomic E-state index is 12.3. The van der Waals surface area contributed by atoms with Crippen LogP contribution in [0.25, 0.3) is 0 Å². The van der Waals surface area contributed by atoms with Crippen molar-refractivity contribution in [1.29, 1.82) is 0 Å². The summed E-state index contributed by atoms with van der Waals surface area (Å²) in [7, 11) is 0. The van der Waals surface area contributed by atoms with Gasteiger partial charge >= 0.3 is 0 Å². The number of benzene rings is 2. The highest BCUT2D eigenvalue weighted by Gasteiger charge is 2.19. The zero-order valence-electron chi connectivity index (χ0n) is 17.8. The minimum atomic E-state index is -0.730. The Bertz CT molecular complexity index is 861. The molecule has 1 unspecified atom stereocenters. The van der Waals surface area contributed by atoms with E-state index in [0.29, 0.717) is 29.8 Å². The number of ether oxygens (including phenoxy) is 1. The summed E-state index contributed by atoms with van der Waals surface area (Å²) in [6, 6.07) is 13.8. The smallest absolute Gasteiger partial charge is 0.279 e. The van der Waals surface area contributed by atoms with Crippen LogP contribution in [0.2, 0.25) is 0 Å². The zero-order chi connectivity index (χ0) is 22.1. The van der Waals surface area contributed by atoms with Gasteiger partial charge in [0, 0.05) is 17.7 Å². The molecule has 2 rings (SSSR count). The van der Waals surface area contributed by atoms with E-state index < -0.39 is 17.9 Å². The predicted octanol–water partition coefficient (Wildman–Crippen LogP) is 3.60. The number of rotatable bonds is 8. The van der Waals surface area contributed by atoms with Crippen LogP contribution < -0.4 is 20.9 Å². The number of anilines is 1. The van der Waals surface area contributed by atoms with Crippen LogP contribution in [-0.4, -0.2) is 23.8 Å². The molecule has 1 atom stereocenters. The van der Waals surface area contributed by atoms with Crippen LogP contribution in [0.4, 0.5) is 5.69 Å². The van der Waals surface area contributed by atoms with Gasteiger partial charge in [-0.2, -0.15) is 0 Å². The summed E-state index contributed by atoms with van der Waals surface area (Å²) in [4.78, 5) is 36.4. The van der Waals surface area contributed by atoms with E-state index >= 15 is 0 Å². The monoisotopic (exact) mass is 411 g/mol. The van der Waals surface area contributed by atoms with Crippen molar-refractivity contribution < 1.29 is 19.1 Å². The molecule has 2 aromatic carbocycles. The molecule has 2 aromatic rings. The molecule has 7 nitrogen and oxygen atoms in total. The number of carbonyl (C=O) groups is 3. The molecule has 0 saturated carbocycles. The van der Waals surface area contributed by atoms with Crippen molar-refractivity contribution in [2.75, 3.05) is 5.32 Å². The number of hydrogen-bond acceptors (Lipinski definition) is 4. The average Bonchev–Trinajstić information content (AvgIpc) is 2.71. The fourth-order valence-corrected chi connectivity index (χ4v) is 2.66. The van der Waals surface area contributed by atoms with Crippen LogP contribution in [0.3, 0.4) is 0 Å². The number of hydrogen-bond donors (Lipinski definition) is 3. The standard InChI is InChI=1S/C23H29N3O4/c1-5-20(30-19-12-6-16(4)7-13-19)23(29)26-25-22(28)17-8-10-18(11-9-17)24-21(27)14-15(2)3/h6-13,15,20H,5,14H2,1-4H3,(H,24,27)(H,25,28)(H,26,29). The molecule has 3 N–H and O–H groups in total. The first-order chi connectivity index (χ1) is 14.3. The Kier molecular flexibility index (Phi) is 8.41. The molecular formula is C23H29N3O4. The minimum Gasteiger partial charge on any atom is -0.481 e. The summed E-state index contributed by atoms with van der Waals surface area (Å²) in [6.45, 7) is 7.73. The normalized spacial score (nSPS) is 11.5. The molecule has 0 spiro atoms. The molecule has 7 heteroatoms. The van der Waals surface area contributed by atoms with Gasteiger partial charge in [-0.25, -0.2) is 0 Å². The first kappa shape index (κ1) is 22.9. The first-order valence-corrected chi connectivity index (χ1v) is 10.0. The quantitative estimate of drug-likeness (QED) is 0.578. The van der Waals surface area contributed by atoms with Crippen molar-refractivity contribution >= 4 is 23.4 Å². The maximum Gasteiger partial charge on any atom is 0.279 e. The van der Waals surface area contributed by atoms with Crippen LogP contribution >= 0.6 is 0 Å². The van der Waals surface area contributed by atoms with Gasteiger partial charge < -0.3 is 10.1 Å². The fraction of sp³-hybridized carbons (Fsp3) is 0.348. The largest absolute Gasteiger partial charge is 0.481 e. The van der Waals surface area contributed by atoms with Gasteiger partial charge in [0.05, 0.1) is 0 Å². The maximum absolute atomic E-state index is 12.3. The van der Waals surface area contributed by atoms with E-state index in [9.17, 15) is 14.4 Å². The number of hydrazine groups is 1. The Hall–Kier alpha value is -3.35. The van der Waals surface area contributed by atoms with Gasteiger partial charge in [0.15, 0.2) is 6.10 Å². The molecule has 160 valence electrons. The van der Waals surface area contributed by atoms with Crippen LogP contribution in [0.5, 0.6) is 5.75 Å². The van der Waals surface area contributed by atoms with E-state index in [1.54, 1.807) is 36.4 Å². The molecule has 0 fully saturated rings. The van der Waals surface area contributed by atoms with Crippen LogP contribution in [-0.2, 0) is 9.59 Å². The van der Waals surface area contributed by atoms with E-state index in [1.807, 2.05) is 39.8 Å². The lowest BCUT2D eigenvalue weighted by Gasteiger charge is -2.17. The Labute approximate surface area is 177 Å². The van der Waals surface area contributed by atoms with Crippen LogP contribution in [0, 0.1) is 12.8 Å². The van der Waals surface area contributed by atoms with E-state index in [2.05, 4.69) is 16.2 Å². The van der Waals surface area contributed by atoms with Crippen molar-refractivity contribution in [3.8, 4) is 5.75 Å². The molecular weight excluding hydrogens is 382 g/mol. The third-order valence-corrected chi connectivity index (χ3v) is 4.29. The molecule has 0 saturated heterocycles. The topological polar surface area (TPSA) is 96.5 Å². The van der Waals surface area contributed by atoms with E-state index in [1.165, 1.54) is 0 Å². The van der Waals surface area contributed by atoms with Gasteiger partial charge in [0.1, 0.15) is 5.75 Å². The molecule has 0 aromatic heterocycles. The second kappa shape index (κ2) is 11.0. The highest BCUT2D eigenvalue weighted by atomic mass is 16.5. The number of carbonyl (C=O) groups excluding carboxylic acids is 3. The Morgan fingerprint density at radius 3 is 2.13 bits per heavy atom. The van der Waals surface area contributed by atoms with Gasteiger partial charge in [0.2, 0.25) is 5.91 Å². The van der Waals surface area contributed by atoms with E-state index in [4.69, 9.17) is 4.74 Å². The highest BCUT2D eigenvalue weighted by molar-refractivity contribution is 5.97. The summed E-state index contributed by atoms with van der Waals surface area (Å²) in [5, 5.41) is 2.78. The average molecular weight is 412 g/mol. The summed E-state index contributed by atoms with van der Waals surface area (Å²) < 4.78 is 5.69. The lowest BCUT2D eigenvalue weighted by molar-refractivity contribution is -0.128. The van der Waals surface area contributed by atoms with Gasteiger partial charge in [-0.05, 0) is 55.7 Å². The molecule has 0 aliphatic heterocycles. The lowest BCUT2D eigenvalue weighted by atomic mass is 10.1. The second-order valence-electron chi connectivity index (χ2n) is 7.49. The van der Waals surface area contributed by atoms with Crippen molar-refractivity contribution in [3.63, 3.8) is 0 Å². The lowest BCUT2D eigenvalue weighted by Crippen LogP contribution is -2.47. The Balaban J connectivity index is 1.86. The summed E-state index contributed by atoms with van der Waals surface area (Å²) in [5.74, 6) is -0.129. The Morgan fingerprint density at radius 2 is 1.57 bits per heavy atom. The second-order valence-corrected chi connectivity index (χ2v) is 7.49. The Morgan fingerprint density at radius 1 is 0.933 bits per heavy atom. The van der Waals surface area contributed by atoms with Gasteiger partial charge in [-0.15, -0.1) is 0 Å². The molecule has 0 aliphatic rings. The van der Waals surface area contributed by atoms with Crippen LogP contribution in [0.1, 0.15) is 49.5 Å². The highest BCUT2D eigenvalue weighted by Crippen LogP contribution is 2.15. The van der Waals surface area contributed by atoms with E-state index in [-0.39, 0.29) is 11.8 Å². The molecule has 0 radical (unpaired) electrons. The van der Waals surface area contributed by atoms with Crippen molar-refractivity contribution in [3.05, 3.63) is 59.7 Å². The van der Waals surface area contributed by atoms with Gasteiger partial charge in [0.25, 0.3) is 11.8 Å². The third kappa shape index (κ3) is 7.24. The molecule has 3 amide bonds. The number of amides is 3. The summed E-state index contributed by atoms with van der Waals surface area (Å²) in [6.07, 6.45) is 0.143. The minimum absolute atomic E-state index is 0.0753. The molecule has 30 heavy (non-hydrogen) atoms. The molecule has 0 aliphatic carbocycles. The molecule has 0 heterocycles. The summed E-state index contributed by atoms with van der Waals surface area (Å²) in [5.41, 5.74) is 6.84. The summed E-state index contributed by atoms with van der Waals surface area (Å²) >= 11 is 0. The van der Waals surface area contributed by atoms with Crippen molar-refractivity contribution in [2.24, 2.45) is 5.92 Å². The van der Waals surface area contributed by atoms with Crippen LogP contribution in [0.15, 0.2) is 48.5 Å². The number of aryl methyl sites for hydroxylation is 1. The van der Waals surface area contributed by atoms with Crippen molar-refractivity contribution in [2.45, 2.75) is 46.6 Å². The number of nitrogens with one attached hydrogen (secondary N) is 3. The van der Waals surface area contributed by atoms with Gasteiger partial charge in [-0.3, -0.25) is 25.2 Å². The molecule has 0 bridgehead atoms. The van der Waals surface area contributed by atoms with Crippen molar-refractivity contribution in [1.82, 2.24) is 10.9 Å².